The lowest BCUT2D eigenvalue weighted by atomic mass is 10.2. The quantitative estimate of drug-likeness (QED) is 0.655. The summed E-state index contributed by atoms with van der Waals surface area (Å²) < 4.78 is 35.6. The Hall–Kier alpha value is -0.700. The lowest BCUT2D eigenvalue weighted by molar-refractivity contribution is -0.142. The normalized spacial score (nSPS) is 25.2. The van der Waals surface area contributed by atoms with Gasteiger partial charge in [-0.3, -0.25) is 4.79 Å². The van der Waals surface area contributed by atoms with Crippen molar-refractivity contribution in [2.75, 3.05) is 32.1 Å². The number of esters is 1. The van der Waals surface area contributed by atoms with Crippen molar-refractivity contribution < 1.29 is 27.8 Å². The number of ether oxygens (including phenoxy) is 2. The first-order valence-corrected chi connectivity index (χ1v) is 7.89. The monoisotopic (exact) mass is 295 g/mol. The molecule has 0 aromatic carbocycles. The van der Waals surface area contributed by atoms with Crippen LogP contribution in [0.1, 0.15) is 20.3 Å². The fourth-order valence-corrected chi connectivity index (χ4v) is 3.51. The van der Waals surface area contributed by atoms with Crippen molar-refractivity contribution in [1.29, 1.82) is 0 Å². The highest BCUT2D eigenvalue weighted by Gasteiger charge is 2.34. The molecule has 1 saturated heterocycles. The molecular formula is C11H21NO6S. The molecule has 1 rings (SSSR count). The van der Waals surface area contributed by atoms with Crippen LogP contribution >= 0.6 is 0 Å². The molecule has 19 heavy (non-hydrogen) atoms. The molecule has 1 fully saturated rings. The summed E-state index contributed by atoms with van der Waals surface area (Å²) in [4.78, 5) is 11.2. The topological polar surface area (TPSA) is 93.1 Å². The predicted octanol–water partition coefficient (Wildman–Crippen LogP) is -0.649. The lowest BCUT2D eigenvalue weighted by Gasteiger charge is -2.36. The summed E-state index contributed by atoms with van der Waals surface area (Å²) >= 11 is 0. The molecule has 8 heteroatoms. The second-order valence-corrected chi connectivity index (χ2v) is 6.47. The van der Waals surface area contributed by atoms with Crippen LogP contribution in [0.5, 0.6) is 0 Å². The number of nitrogens with zero attached hydrogens (tertiary/aromatic N) is 1. The van der Waals surface area contributed by atoms with Crippen LogP contribution in [0.25, 0.3) is 0 Å². The number of rotatable bonds is 6. The van der Waals surface area contributed by atoms with Crippen LogP contribution in [0.2, 0.25) is 0 Å². The van der Waals surface area contributed by atoms with Crippen LogP contribution < -0.4 is 0 Å². The van der Waals surface area contributed by atoms with E-state index in [1.165, 1.54) is 4.31 Å². The molecule has 112 valence electrons. The molecule has 1 heterocycles. The van der Waals surface area contributed by atoms with Gasteiger partial charge in [-0.05, 0) is 13.8 Å². The molecule has 7 nitrogen and oxygen atoms in total. The summed E-state index contributed by atoms with van der Waals surface area (Å²) in [5, 5.41) is 9.03. The van der Waals surface area contributed by atoms with Gasteiger partial charge in [0.15, 0.2) is 0 Å². The minimum atomic E-state index is -3.55. The Morgan fingerprint density at radius 3 is 2.79 bits per heavy atom. The first-order chi connectivity index (χ1) is 8.90. The van der Waals surface area contributed by atoms with Crippen molar-refractivity contribution in [1.82, 2.24) is 4.31 Å². The second-order valence-electron chi connectivity index (χ2n) is 4.43. The molecular weight excluding hydrogens is 274 g/mol. The Morgan fingerprint density at radius 2 is 2.21 bits per heavy atom. The minimum absolute atomic E-state index is 0.114. The number of aliphatic hydroxyl groups is 1. The van der Waals surface area contributed by atoms with Crippen molar-refractivity contribution in [3.05, 3.63) is 0 Å². The average Bonchev–Trinajstić information content (AvgIpc) is 2.37. The van der Waals surface area contributed by atoms with E-state index in [9.17, 15) is 13.2 Å². The minimum Gasteiger partial charge on any atom is -0.466 e. The maximum Gasteiger partial charge on any atom is 0.306 e. The molecule has 0 saturated carbocycles. The van der Waals surface area contributed by atoms with E-state index in [-0.39, 0.29) is 44.6 Å². The Labute approximate surface area is 113 Å². The zero-order chi connectivity index (χ0) is 14.5. The first-order valence-electron chi connectivity index (χ1n) is 6.28. The number of carbonyl (C=O) groups excluding carboxylic acids is 1. The Balaban J connectivity index is 2.62. The molecule has 0 amide bonds. The zero-order valence-corrected chi connectivity index (χ0v) is 12.1. The van der Waals surface area contributed by atoms with Gasteiger partial charge in [0.1, 0.15) is 0 Å². The van der Waals surface area contributed by atoms with Gasteiger partial charge in [0.05, 0.1) is 38.1 Å². The Bertz CT molecular complexity index is 396. The van der Waals surface area contributed by atoms with Crippen LogP contribution in [0.3, 0.4) is 0 Å². The molecule has 0 aromatic heterocycles. The van der Waals surface area contributed by atoms with E-state index in [0.29, 0.717) is 0 Å². The molecule has 0 bridgehead atoms. The van der Waals surface area contributed by atoms with E-state index < -0.39 is 22.1 Å². The standard InChI is InChI=1S/C11H21NO6S/c1-3-17-11(14)4-5-19(15,16)12-6-10(7-13)18-8-9(12)2/h9-10,13H,3-8H2,1-2H3. The van der Waals surface area contributed by atoms with E-state index in [1.54, 1.807) is 13.8 Å². The molecule has 0 aromatic rings. The highest BCUT2D eigenvalue weighted by molar-refractivity contribution is 7.89. The number of carbonyl (C=O) groups is 1. The van der Waals surface area contributed by atoms with Gasteiger partial charge in [-0.15, -0.1) is 0 Å². The number of hydrogen-bond donors (Lipinski definition) is 1. The van der Waals surface area contributed by atoms with Crippen LogP contribution in [0.4, 0.5) is 0 Å². The van der Waals surface area contributed by atoms with Crippen molar-refractivity contribution in [3.8, 4) is 0 Å². The van der Waals surface area contributed by atoms with E-state index in [2.05, 4.69) is 0 Å². The van der Waals surface area contributed by atoms with E-state index in [0.717, 1.165) is 0 Å². The van der Waals surface area contributed by atoms with Gasteiger partial charge in [-0.25, -0.2) is 8.42 Å². The van der Waals surface area contributed by atoms with Crippen molar-refractivity contribution >= 4 is 16.0 Å². The molecule has 2 atom stereocenters. The number of sulfonamides is 1. The second kappa shape index (κ2) is 7.18. The fourth-order valence-electron chi connectivity index (χ4n) is 1.85. The third kappa shape index (κ3) is 4.72. The third-order valence-electron chi connectivity index (χ3n) is 2.88. The van der Waals surface area contributed by atoms with Gasteiger partial charge in [0.25, 0.3) is 0 Å². The zero-order valence-electron chi connectivity index (χ0n) is 11.2. The first kappa shape index (κ1) is 16.4. The molecule has 0 spiro atoms. The van der Waals surface area contributed by atoms with Crippen LogP contribution in [-0.2, 0) is 24.3 Å². The van der Waals surface area contributed by atoms with Gasteiger partial charge in [0.2, 0.25) is 10.0 Å². The molecule has 1 aliphatic rings. The summed E-state index contributed by atoms with van der Waals surface area (Å²) in [7, 11) is -3.55. The summed E-state index contributed by atoms with van der Waals surface area (Å²) in [6, 6.07) is -0.296. The lowest BCUT2D eigenvalue weighted by Crippen LogP contribution is -2.52. The van der Waals surface area contributed by atoms with Crippen LogP contribution in [0, 0.1) is 0 Å². The van der Waals surface area contributed by atoms with Crippen molar-refractivity contribution in [2.24, 2.45) is 0 Å². The maximum atomic E-state index is 12.1. The van der Waals surface area contributed by atoms with E-state index in [4.69, 9.17) is 14.6 Å². The van der Waals surface area contributed by atoms with Gasteiger partial charge in [0, 0.05) is 12.6 Å². The summed E-state index contributed by atoms with van der Waals surface area (Å²) in [5.41, 5.74) is 0. The number of morpholine rings is 1. The summed E-state index contributed by atoms with van der Waals surface area (Å²) in [6.45, 7) is 3.76. The Morgan fingerprint density at radius 1 is 1.53 bits per heavy atom. The van der Waals surface area contributed by atoms with Gasteiger partial charge < -0.3 is 14.6 Å². The molecule has 1 aliphatic heterocycles. The molecule has 2 unspecified atom stereocenters. The van der Waals surface area contributed by atoms with Gasteiger partial charge >= 0.3 is 5.97 Å². The molecule has 0 radical (unpaired) electrons. The number of aliphatic hydroxyl groups excluding tert-OH is 1. The average molecular weight is 295 g/mol. The van der Waals surface area contributed by atoms with Crippen molar-refractivity contribution in [3.63, 3.8) is 0 Å². The molecule has 0 aliphatic carbocycles. The highest BCUT2D eigenvalue weighted by Crippen LogP contribution is 2.17. The SMILES string of the molecule is CCOC(=O)CCS(=O)(=O)N1CC(CO)OCC1C. The van der Waals surface area contributed by atoms with E-state index >= 15 is 0 Å². The van der Waals surface area contributed by atoms with Crippen LogP contribution in [0.15, 0.2) is 0 Å². The van der Waals surface area contributed by atoms with E-state index in [1.807, 2.05) is 0 Å². The third-order valence-corrected chi connectivity index (χ3v) is 4.82. The summed E-state index contributed by atoms with van der Waals surface area (Å²) in [6.07, 6.45) is -0.669. The smallest absolute Gasteiger partial charge is 0.306 e. The molecule has 1 N–H and O–H groups in total. The highest BCUT2D eigenvalue weighted by atomic mass is 32.2. The van der Waals surface area contributed by atoms with Gasteiger partial charge in [-0.2, -0.15) is 4.31 Å². The largest absolute Gasteiger partial charge is 0.466 e. The van der Waals surface area contributed by atoms with Gasteiger partial charge in [-0.1, -0.05) is 0 Å². The number of hydrogen-bond acceptors (Lipinski definition) is 6. The van der Waals surface area contributed by atoms with Crippen LogP contribution in [-0.4, -0.2) is 68.1 Å². The maximum absolute atomic E-state index is 12.1. The fraction of sp³-hybridized carbons (Fsp3) is 0.909. The Kier molecular flexibility index (Phi) is 6.18. The predicted molar refractivity (Wildman–Crippen MR) is 68.0 cm³/mol. The van der Waals surface area contributed by atoms with Crippen molar-refractivity contribution in [2.45, 2.75) is 32.4 Å². The summed E-state index contributed by atoms with van der Waals surface area (Å²) in [5.74, 6) is -0.806.